The molecule has 3 rings (SSSR count). The summed E-state index contributed by atoms with van der Waals surface area (Å²) in [4.78, 5) is 25.8. The first-order valence-electron chi connectivity index (χ1n) is 7.85. The van der Waals surface area contributed by atoms with Gasteiger partial charge in [-0.3, -0.25) is 14.5 Å². The first-order valence-corrected chi connectivity index (χ1v) is 8.73. The molecule has 0 saturated carbocycles. The smallest absolute Gasteiger partial charge is 0.262 e. The third-order valence-corrected chi connectivity index (χ3v) is 5.21. The second-order valence-electron chi connectivity index (χ2n) is 5.74. The Morgan fingerprint density at radius 1 is 1.11 bits per heavy atom. The number of hydrogen-bond acceptors (Lipinski definition) is 4. The van der Waals surface area contributed by atoms with Gasteiger partial charge in [-0.15, -0.1) is 0 Å². The molecule has 2 N–H and O–H groups in total. The lowest BCUT2D eigenvalue weighted by molar-refractivity contribution is -0.117. The van der Waals surface area contributed by atoms with Crippen LogP contribution in [0.1, 0.15) is 5.56 Å². The highest BCUT2D eigenvalue weighted by Gasteiger charge is 2.40. The maximum absolute atomic E-state index is 13.2. The molecule has 0 aliphatic carbocycles. The monoisotopic (exact) mass is 385 g/mol. The molecular formula is C19H13F2N3O2S. The van der Waals surface area contributed by atoms with Crippen LogP contribution in [0, 0.1) is 23.0 Å². The Morgan fingerprint density at radius 2 is 1.67 bits per heavy atom. The highest BCUT2D eigenvalue weighted by Crippen LogP contribution is 2.41. The van der Waals surface area contributed by atoms with Gasteiger partial charge in [0.15, 0.2) is 0 Å². The lowest BCUT2D eigenvalue weighted by Gasteiger charge is -2.18. The molecule has 2 amide bonds. The second-order valence-corrected chi connectivity index (χ2v) is 6.93. The minimum absolute atomic E-state index is 0.105. The molecule has 1 aliphatic heterocycles. The van der Waals surface area contributed by atoms with Crippen LogP contribution in [0.5, 0.6) is 0 Å². The molecule has 1 aliphatic rings. The van der Waals surface area contributed by atoms with E-state index in [1.807, 2.05) is 0 Å². The van der Waals surface area contributed by atoms with E-state index in [0.717, 1.165) is 17.3 Å². The zero-order chi connectivity index (χ0) is 19.6. The maximum atomic E-state index is 13.2. The summed E-state index contributed by atoms with van der Waals surface area (Å²) in [7, 11) is 0. The molecule has 2 aromatic rings. The van der Waals surface area contributed by atoms with E-state index in [1.54, 1.807) is 18.2 Å². The van der Waals surface area contributed by atoms with E-state index in [-0.39, 0.29) is 22.9 Å². The topological polar surface area (TPSA) is 87.2 Å². The van der Waals surface area contributed by atoms with Gasteiger partial charge in [-0.1, -0.05) is 23.9 Å². The number of nitrogens with zero attached hydrogens (tertiary/aromatic N) is 2. The van der Waals surface area contributed by atoms with Crippen molar-refractivity contribution in [1.29, 1.82) is 5.26 Å². The molecule has 27 heavy (non-hydrogen) atoms. The van der Waals surface area contributed by atoms with Crippen molar-refractivity contribution in [3.63, 3.8) is 0 Å². The van der Waals surface area contributed by atoms with Crippen molar-refractivity contribution in [2.75, 3.05) is 4.90 Å². The molecule has 0 aromatic heterocycles. The van der Waals surface area contributed by atoms with Crippen LogP contribution in [0.4, 0.5) is 14.5 Å². The lowest BCUT2D eigenvalue weighted by atomic mass is 10.1. The average molecular weight is 385 g/mol. The van der Waals surface area contributed by atoms with Crippen molar-refractivity contribution >= 4 is 29.3 Å². The first-order chi connectivity index (χ1) is 12.9. The molecular weight excluding hydrogens is 372 g/mol. The fourth-order valence-electron chi connectivity index (χ4n) is 2.66. The summed E-state index contributed by atoms with van der Waals surface area (Å²) >= 11 is 1.03. The molecule has 1 saturated heterocycles. The van der Waals surface area contributed by atoms with Crippen LogP contribution in [0.25, 0.3) is 0 Å². The molecule has 0 radical (unpaired) electrons. The van der Waals surface area contributed by atoms with Gasteiger partial charge in [-0.2, -0.15) is 5.26 Å². The van der Waals surface area contributed by atoms with Gasteiger partial charge in [-0.05, 0) is 48.4 Å². The van der Waals surface area contributed by atoms with E-state index in [9.17, 15) is 23.6 Å². The number of amides is 2. The number of halogens is 2. The number of hydrogen-bond donors (Lipinski definition) is 1. The quantitative estimate of drug-likeness (QED) is 0.648. The van der Waals surface area contributed by atoms with Gasteiger partial charge in [0.05, 0.1) is 5.25 Å². The van der Waals surface area contributed by atoms with Crippen LogP contribution < -0.4 is 10.6 Å². The van der Waals surface area contributed by atoms with E-state index in [0.29, 0.717) is 5.69 Å². The summed E-state index contributed by atoms with van der Waals surface area (Å²) < 4.78 is 26.3. The zero-order valence-corrected chi connectivity index (χ0v) is 14.7. The van der Waals surface area contributed by atoms with Crippen molar-refractivity contribution in [2.24, 2.45) is 5.73 Å². The SMILES string of the molecule is N#C/C(C(N)=O)=C1/S[C@H](Cc2ccc(F)cc2)C(=O)N1c1ccc(F)cc1. The molecule has 0 spiro atoms. The van der Waals surface area contributed by atoms with E-state index in [4.69, 9.17) is 5.73 Å². The van der Waals surface area contributed by atoms with Crippen molar-refractivity contribution in [2.45, 2.75) is 11.7 Å². The number of rotatable bonds is 4. The summed E-state index contributed by atoms with van der Waals surface area (Å²) in [5.41, 5.74) is 5.97. The number of nitriles is 1. The number of anilines is 1. The molecule has 1 atom stereocenters. The summed E-state index contributed by atoms with van der Waals surface area (Å²) in [6, 6.07) is 12.5. The summed E-state index contributed by atoms with van der Waals surface area (Å²) in [5, 5.41) is 8.76. The van der Waals surface area contributed by atoms with E-state index in [1.165, 1.54) is 41.3 Å². The highest BCUT2D eigenvalue weighted by atomic mass is 32.2. The molecule has 5 nitrogen and oxygen atoms in total. The Bertz CT molecular complexity index is 966. The number of carbonyl (C=O) groups excluding carboxylic acids is 2. The summed E-state index contributed by atoms with van der Waals surface area (Å²) in [6.45, 7) is 0. The Kier molecular flexibility index (Phi) is 5.23. The number of primary amides is 1. The molecule has 8 heteroatoms. The Labute approximate surface area is 158 Å². The lowest BCUT2D eigenvalue weighted by Crippen LogP contribution is -2.31. The van der Waals surface area contributed by atoms with Crippen LogP contribution in [-0.4, -0.2) is 17.1 Å². The Balaban J connectivity index is 2.01. The standard InChI is InChI=1S/C19H13F2N3O2S/c20-12-3-1-11(2-4-12)9-16-18(26)24(14-7-5-13(21)6-8-14)19(27-16)15(10-22)17(23)25/h1-8,16H,9H2,(H2,23,25)/b19-15-/t16-/m1/s1. The maximum Gasteiger partial charge on any atom is 0.262 e. The molecule has 0 unspecified atom stereocenters. The third kappa shape index (κ3) is 3.83. The number of carbonyl (C=O) groups is 2. The average Bonchev–Trinajstić information content (AvgIpc) is 2.94. The second kappa shape index (κ2) is 7.60. The fraction of sp³-hybridized carbons (Fsp3) is 0.105. The molecule has 1 heterocycles. The van der Waals surface area contributed by atoms with Gasteiger partial charge < -0.3 is 5.73 Å². The molecule has 136 valence electrons. The normalized spacial score (nSPS) is 18.3. The van der Waals surface area contributed by atoms with Crippen molar-refractivity contribution in [3.05, 3.63) is 76.3 Å². The zero-order valence-electron chi connectivity index (χ0n) is 13.9. The van der Waals surface area contributed by atoms with Crippen LogP contribution in [0.2, 0.25) is 0 Å². The van der Waals surface area contributed by atoms with Crippen LogP contribution in [0.15, 0.2) is 59.1 Å². The van der Waals surface area contributed by atoms with Crippen molar-refractivity contribution in [3.8, 4) is 6.07 Å². The number of benzene rings is 2. The van der Waals surface area contributed by atoms with Crippen LogP contribution in [-0.2, 0) is 16.0 Å². The predicted molar refractivity (Wildman–Crippen MR) is 97.2 cm³/mol. The molecule has 0 bridgehead atoms. The predicted octanol–water partition coefficient (Wildman–Crippen LogP) is 2.88. The van der Waals surface area contributed by atoms with E-state index in [2.05, 4.69) is 0 Å². The summed E-state index contributed by atoms with van der Waals surface area (Å²) in [6.07, 6.45) is 0.266. The number of nitrogens with two attached hydrogens (primary N) is 1. The van der Waals surface area contributed by atoms with E-state index >= 15 is 0 Å². The van der Waals surface area contributed by atoms with Gasteiger partial charge >= 0.3 is 0 Å². The van der Waals surface area contributed by atoms with Crippen molar-refractivity contribution in [1.82, 2.24) is 0 Å². The highest BCUT2D eigenvalue weighted by molar-refractivity contribution is 8.05. The molecule has 1 fully saturated rings. The number of thioether (sulfide) groups is 1. The minimum atomic E-state index is -0.956. The largest absolute Gasteiger partial charge is 0.365 e. The summed E-state index contributed by atoms with van der Waals surface area (Å²) in [5.74, 6) is -2.21. The van der Waals surface area contributed by atoms with Gasteiger partial charge in [-0.25, -0.2) is 8.78 Å². The van der Waals surface area contributed by atoms with Crippen LogP contribution >= 0.6 is 11.8 Å². The van der Waals surface area contributed by atoms with Gasteiger partial charge in [0.25, 0.3) is 5.91 Å². The Hall–Kier alpha value is -3.18. The van der Waals surface area contributed by atoms with Gasteiger partial charge in [0, 0.05) is 5.69 Å². The van der Waals surface area contributed by atoms with Crippen LogP contribution in [0.3, 0.4) is 0 Å². The van der Waals surface area contributed by atoms with Gasteiger partial charge in [0.2, 0.25) is 5.91 Å². The minimum Gasteiger partial charge on any atom is -0.365 e. The van der Waals surface area contributed by atoms with E-state index < -0.39 is 22.8 Å². The van der Waals surface area contributed by atoms with Gasteiger partial charge in [0.1, 0.15) is 28.3 Å². The third-order valence-electron chi connectivity index (χ3n) is 3.94. The molecule has 2 aromatic carbocycles. The first kappa shape index (κ1) is 18.6. The van der Waals surface area contributed by atoms with Crippen molar-refractivity contribution < 1.29 is 18.4 Å². The Morgan fingerprint density at radius 3 is 2.19 bits per heavy atom. The fourth-order valence-corrected chi connectivity index (χ4v) is 3.98.